The summed E-state index contributed by atoms with van der Waals surface area (Å²) in [4.78, 5) is 42.9. The highest BCUT2D eigenvalue weighted by atomic mass is 35.5. The fraction of sp³-hybridized carbons (Fsp3) is 0.333. The second-order valence-corrected chi connectivity index (χ2v) is 8.23. The van der Waals surface area contributed by atoms with E-state index in [9.17, 15) is 9.59 Å². The van der Waals surface area contributed by atoms with Gasteiger partial charge in [0.05, 0.1) is 0 Å². The molecule has 1 atom stereocenters. The van der Waals surface area contributed by atoms with Crippen LogP contribution < -0.4 is 34.4 Å². The van der Waals surface area contributed by atoms with Gasteiger partial charge in [-0.1, -0.05) is 23.2 Å². The number of carbonyl (C=O) groups is 2. The Morgan fingerprint density at radius 3 is 1.72 bits per heavy atom. The fourth-order valence-electron chi connectivity index (χ4n) is 3.16. The first-order valence-corrected chi connectivity index (χ1v) is 11.0. The highest BCUT2D eigenvalue weighted by Crippen LogP contribution is 2.21. The molecule has 1 unspecified atom stereocenters. The summed E-state index contributed by atoms with van der Waals surface area (Å²) < 4.78 is 0. The molecule has 2 aromatic heterocycles. The van der Waals surface area contributed by atoms with Crippen molar-refractivity contribution in [1.82, 2.24) is 29.7 Å². The predicted octanol–water partition coefficient (Wildman–Crippen LogP) is -0.167. The Labute approximate surface area is 215 Å². The van der Waals surface area contributed by atoms with E-state index in [-0.39, 0.29) is 51.5 Å². The van der Waals surface area contributed by atoms with Crippen molar-refractivity contribution in [3.8, 4) is 0 Å². The molecule has 0 saturated heterocycles. The molecule has 2 amide bonds. The van der Waals surface area contributed by atoms with Crippen molar-refractivity contribution >= 4 is 70.2 Å². The summed E-state index contributed by atoms with van der Waals surface area (Å²) in [5, 5.41) is 15.1. The summed E-state index contributed by atoms with van der Waals surface area (Å²) >= 11 is 11.7. The minimum Gasteiger partial charge on any atom is -0.382 e. The summed E-state index contributed by atoms with van der Waals surface area (Å²) in [5.41, 5.74) is 33.1. The summed E-state index contributed by atoms with van der Waals surface area (Å²) in [7, 11) is 0. The Hall–Kier alpha value is -4.18. The minimum absolute atomic E-state index is 0.0179. The van der Waals surface area contributed by atoms with Crippen molar-refractivity contribution in [1.29, 1.82) is 10.8 Å². The Bertz CT molecular complexity index is 1210. The van der Waals surface area contributed by atoms with Crippen LogP contribution in [0.1, 0.15) is 47.2 Å². The molecule has 0 aromatic carbocycles. The maximum absolute atomic E-state index is 13.0. The third-order valence-electron chi connectivity index (χ3n) is 4.92. The number of unbranched alkanes of at least 4 members (excludes halogenated alkanes) is 1. The number of amides is 2. The van der Waals surface area contributed by atoms with E-state index < -0.39 is 29.8 Å². The van der Waals surface area contributed by atoms with E-state index in [1.54, 1.807) is 6.92 Å². The van der Waals surface area contributed by atoms with Crippen molar-refractivity contribution in [3.63, 3.8) is 0 Å². The number of aromatic nitrogens is 4. The zero-order chi connectivity index (χ0) is 27.3. The third kappa shape index (κ3) is 6.28. The molecule has 0 bridgehead atoms. The average Bonchev–Trinajstić information content (AvgIpc) is 2.77. The highest BCUT2D eigenvalue weighted by molar-refractivity contribution is 6.32. The maximum Gasteiger partial charge on any atom is 0.283 e. The first-order valence-electron chi connectivity index (χ1n) is 10.3. The molecule has 16 nitrogen and oxygen atoms in total. The number of halogens is 2. The molecule has 2 aromatic rings. The van der Waals surface area contributed by atoms with E-state index in [0.717, 1.165) is 9.80 Å². The number of hydrogen-bond acceptors (Lipinski definition) is 12. The van der Waals surface area contributed by atoms with Gasteiger partial charge < -0.3 is 34.4 Å². The number of hydrogen-bond donors (Lipinski definition) is 8. The van der Waals surface area contributed by atoms with Gasteiger partial charge >= 0.3 is 0 Å². The smallest absolute Gasteiger partial charge is 0.283 e. The van der Waals surface area contributed by atoms with Gasteiger partial charge in [0.1, 0.15) is 0 Å². The van der Waals surface area contributed by atoms with E-state index in [2.05, 4.69) is 19.9 Å². The Balaban J connectivity index is 2.07. The molecule has 0 radical (unpaired) electrons. The maximum atomic E-state index is 13.0. The quantitative estimate of drug-likeness (QED) is 0.123. The van der Waals surface area contributed by atoms with E-state index >= 15 is 0 Å². The summed E-state index contributed by atoms with van der Waals surface area (Å²) in [5.74, 6) is -3.47. The molecule has 18 heteroatoms. The van der Waals surface area contributed by atoms with E-state index in [0.29, 0.717) is 19.3 Å². The van der Waals surface area contributed by atoms with Gasteiger partial charge in [-0.05, 0) is 26.2 Å². The van der Waals surface area contributed by atoms with Crippen LogP contribution in [0.15, 0.2) is 0 Å². The molecule has 0 fully saturated rings. The highest BCUT2D eigenvalue weighted by Gasteiger charge is 2.29. The van der Waals surface area contributed by atoms with Crippen LogP contribution in [0, 0.1) is 10.8 Å². The number of nitrogens with zero attached hydrogens (tertiary/aromatic N) is 6. The van der Waals surface area contributed by atoms with Gasteiger partial charge in [0.15, 0.2) is 56.9 Å². The lowest BCUT2D eigenvalue weighted by Crippen LogP contribution is -2.47. The molecular formula is C18H26Cl2N14O2. The lowest BCUT2D eigenvalue weighted by Gasteiger charge is -2.28. The monoisotopic (exact) mass is 540 g/mol. The van der Waals surface area contributed by atoms with Crippen molar-refractivity contribution in [2.24, 2.45) is 11.5 Å². The van der Waals surface area contributed by atoms with E-state index in [1.165, 1.54) is 0 Å². The van der Waals surface area contributed by atoms with E-state index in [1.807, 2.05) is 0 Å². The van der Waals surface area contributed by atoms with Gasteiger partial charge in [0.25, 0.3) is 11.8 Å². The SMILES string of the molecule is CC(CCCCN(C(=N)N)C(=O)c1nc(Cl)c(N)nc1N)N(C(=N)N)C(=O)c1nc(Cl)c(N)nc1N. The molecule has 0 aliphatic carbocycles. The van der Waals surface area contributed by atoms with Gasteiger partial charge in [-0.25, -0.2) is 19.9 Å². The second-order valence-electron chi connectivity index (χ2n) is 7.51. The van der Waals surface area contributed by atoms with Crippen LogP contribution in [0.5, 0.6) is 0 Å². The molecule has 0 spiro atoms. The van der Waals surface area contributed by atoms with Gasteiger partial charge in [0, 0.05) is 12.6 Å². The summed E-state index contributed by atoms with van der Waals surface area (Å²) in [6.07, 6.45) is 1.13. The number of guanidine groups is 2. The largest absolute Gasteiger partial charge is 0.382 e. The second kappa shape index (κ2) is 11.5. The normalized spacial score (nSPS) is 11.5. The van der Waals surface area contributed by atoms with Crippen LogP contribution in [0.25, 0.3) is 0 Å². The summed E-state index contributed by atoms with van der Waals surface area (Å²) in [6.45, 7) is 1.67. The number of carbonyl (C=O) groups excluding carboxylic acids is 2. The van der Waals surface area contributed by atoms with Gasteiger partial charge in [0.2, 0.25) is 0 Å². The average molecular weight is 541 g/mol. The van der Waals surface area contributed by atoms with Crippen molar-refractivity contribution in [2.75, 3.05) is 29.5 Å². The Kier molecular flexibility index (Phi) is 8.96. The van der Waals surface area contributed by atoms with E-state index in [4.69, 9.17) is 68.4 Å². The standard InChI is InChI=1S/C18H26Cl2N14O2/c1-6(34(18(27)28)16(36)8-12(22)32-14(24)10(20)30-8)4-2-3-5-33(17(25)26)15(35)7-11(21)31-13(23)9(19)29-7/h6H,2-5H2,1H3,(H3,25,26)(H3,27,28)(H4,21,23,31)(H4,22,24,32). The zero-order valence-electron chi connectivity index (χ0n) is 19.1. The third-order valence-corrected chi connectivity index (χ3v) is 5.48. The lowest BCUT2D eigenvalue weighted by atomic mass is 10.1. The van der Waals surface area contributed by atoms with Gasteiger partial charge in [-0.3, -0.25) is 30.2 Å². The molecule has 2 heterocycles. The molecule has 14 N–H and O–H groups in total. The fourth-order valence-corrected chi connectivity index (χ4v) is 3.41. The van der Waals surface area contributed by atoms with Crippen molar-refractivity contribution in [2.45, 2.75) is 32.2 Å². The number of anilines is 4. The minimum atomic E-state index is -0.781. The first kappa shape index (κ1) is 28.1. The van der Waals surface area contributed by atoms with Crippen LogP contribution in [0.4, 0.5) is 23.3 Å². The molecule has 0 aliphatic rings. The lowest BCUT2D eigenvalue weighted by molar-refractivity contribution is 0.0796. The van der Waals surface area contributed by atoms with Crippen LogP contribution in [-0.2, 0) is 0 Å². The van der Waals surface area contributed by atoms with Crippen molar-refractivity contribution in [3.05, 3.63) is 21.7 Å². The topological polar surface area (TPSA) is 296 Å². The Morgan fingerprint density at radius 1 is 0.806 bits per heavy atom. The van der Waals surface area contributed by atoms with Crippen LogP contribution in [-0.4, -0.2) is 66.1 Å². The van der Waals surface area contributed by atoms with Gasteiger partial charge in [-0.15, -0.1) is 0 Å². The number of nitrogen functional groups attached to an aromatic ring is 4. The zero-order valence-corrected chi connectivity index (χ0v) is 20.6. The summed E-state index contributed by atoms with van der Waals surface area (Å²) in [6, 6.07) is -0.577. The number of nitrogens with one attached hydrogen (secondary N) is 2. The van der Waals surface area contributed by atoms with Crippen LogP contribution in [0.3, 0.4) is 0 Å². The molecule has 2 rings (SSSR count). The molecule has 0 saturated carbocycles. The van der Waals surface area contributed by atoms with Crippen LogP contribution in [0.2, 0.25) is 10.3 Å². The van der Waals surface area contributed by atoms with Gasteiger partial charge in [-0.2, -0.15) is 0 Å². The predicted molar refractivity (Wildman–Crippen MR) is 136 cm³/mol. The molecular weight excluding hydrogens is 515 g/mol. The number of rotatable bonds is 8. The van der Waals surface area contributed by atoms with Crippen molar-refractivity contribution < 1.29 is 9.59 Å². The first-order chi connectivity index (χ1) is 16.8. The molecule has 36 heavy (non-hydrogen) atoms. The molecule has 0 aliphatic heterocycles. The molecule has 194 valence electrons. The number of nitrogens with two attached hydrogens (primary N) is 6. The van der Waals surface area contributed by atoms with Crippen LogP contribution >= 0.6 is 23.2 Å². The Morgan fingerprint density at radius 2 is 1.28 bits per heavy atom.